The largest absolute Gasteiger partial charge is 0.504 e. The van der Waals surface area contributed by atoms with Gasteiger partial charge in [-0.2, -0.15) is 5.26 Å². The normalized spacial score (nSPS) is 21.6. The number of phenols is 1. The molecule has 0 amide bonds. The lowest BCUT2D eigenvalue weighted by atomic mass is 9.67. The summed E-state index contributed by atoms with van der Waals surface area (Å²) in [6.45, 7) is 0. The zero-order valence-electron chi connectivity index (χ0n) is 15.6. The SMILES string of the molecule is N#CC1(c2ccc(O)c3oc(C(=O)c4ccccc4)cc23)CCC(C(=O)O)CC1. The molecule has 1 heterocycles. The van der Waals surface area contributed by atoms with Crippen molar-refractivity contribution in [3.8, 4) is 11.8 Å². The summed E-state index contributed by atoms with van der Waals surface area (Å²) < 4.78 is 5.69. The lowest BCUT2D eigenvalue weighted by molar-refractivity contribution is -0.143. The number of hydrogen-bond acceptors (Lipinski definition) is 5. The Balaban J connectivity index is 1.79. The van der Waals surface area contributed by atoms with E-state index in [4.69, 9.17) is 4.42 Å². The summed E-state index contributed by atoms with van der Waals surface area (Å²) in [5, 5.41) is 30.0. The summed E-state index contributed by atoms with van der Waals surface area (Å²) in [4.78, 5) is 24.1. The van der Waals surface area contributed by atoms with Gasteiger partial charge in [-0.15, -0.1) is 0 Å². The highest BCUT2D eigenvalue weighted by Gasteiger charge is 2.41. The number of fused-ring (bicyclic) bond motifs is 1. The van der Waals surface area contributed by atoms with E-state index in [0.717, 1.165) is 0 Å². The third kappa shape index (κ3) is 3.15. The minimum Gasteiger partial charge on any atom is -0.504 e. The molecule has 3 aromatic rings. The van der Waals surface area contributed by atoms with E-state index in [0.29, 0.717) is 42.2 Å². The van der Waals surface area contributed by atoms with Crippen molar-refractivity contribution in [3.05, 3.63) is 65.4 Å². The molecule has 6 nitrogen and oxygen atoms in total. The molecule has 0 atom stereocenters. The van der Waals surface area contributed by atoms with Gasteiger partial charge in [-0.1, -0.05) is 36.4 Å². The maximum Gasteiger partial charge on any atom is 0.306 e. The molecule has 1 saturated carbocycles. The number of aromatic hydroxyl groups is 1. The molecular weight excluding hydrogens is 370 g/mol. The third-order valence-corrected chi connectivity index (χ3v) is 5.84. The molecule has 0 unspecified atom stereocenters. The number of phenolic OH excluding ortho intramolecular Hbond substituents is 1. The van der Waals surface area contributed by atoms with Gasteiger partial charge in [0.05, 0.1) is 17.4 Å². The molecule has 4 rings (SSSR count). The van der Waals surface area contributed by atoms with Crippen LogP contribution in [0.1, 0.15) is 47.4 Å². The predicted octanol–water partition coefficient (Wildman–Crippen LogP) is 4.41. The van der Waals surface area contributed by atoms with E-state index in [1.54, 1.807) is 36.4 Å². The van der Waals surface area contributed by atoms with Crippen LogP contribution in [-0.4, -0.2) is 22.0 Å². The first kappa shape index (κ1) is 18.8. The second kappa shape index (κ2) is 7.10. The summed E-state index contributed by atoms with van der Waals surface area (Å²) in [7, 11) is 0. The number of rotatable bonds is 4. The molecule has 6 heteroatoms. The number of nitriles is 1. The molecule has 0 aliphatic heterocycles. The molecular formula is C23H19NO5. The van der Waals surface area contributed by atoms with Crippen LogP contribution in [-0.2, 0) is 10.2 Å². The van der Waals surface area contributed by atoms with Crippen LogP contribution < -0.4 is 0 Å². The van der Waals surface area contributed by atoms with Crippen LogP contribution in [0.3, 0.4) is 0 Å². The zero-order chi connectivity index (χ0) is 20.6. The molecule has 1 aromatic heterocycles. The number of carbonyl (C=O) groups is 2. The van der Waals surface area contributed by atoms with E-state index in [2.05, 4.69) is 6.07 Å². The summed E-state index contributed by atoms with van der Waals surface area (Å²) in [5.41, 5.74) is 0.406. The van der Waals surface area contributed by atoms with Gasteiger partial charge in [0.1, 0.15) is 0 Å². The quantitative estimate of drug-likeness (QED) is 0.640. The number of benzene rings is 2. The lowest BCUT2D eigenvalue weighted by Crippen LogP contribution is -2.33. The average molecular weight is 389 g/mol. The third-order valence-electron chi connectivity index (χ3n) is 5.84. The van der Waals surface area contributed by atoms with E-state index in [-0.39, 0.29) is 22.9 Å². The van der Waals surface area contributed by atoms with Crippen LogP contribution >= 0.6 is 0 Å². The Bertz CT molecular complexity index is 1130. The standard InChI is InChI=1S/C23H19NO5/c24-13-23(10-8-15(9-11-23)22(27)28)17-6-7-18(25)21-16(17)12-19(29-21)20(26)14-4-2-1-3-5-14/h1-7,12,15,25H,8-11H2,(H,27,28). The summed E-state index contributed by atoms with van der Waals surface area (Å²) in [6.07, 6.45) is 1.60. The lowest BCUT2D eigenvalue weighted by Gasteiger charge is -2.34. The van der Waals surface area contributed by atoms with Crippen LogP contribution in [0, 0.1) is 17.2 Å². The van der Waals surface area contributed by atoms with Crippen molar-refractivity contribution in [3.63, 3.8) is 0 Å². The fraction of sp³-hybridized carbons (Fsp3) is 0.261. The minimum absolute atomic E-state index is 0.0845. The monoisotopic (exact) mass is 389 g/mol. The van der Waals surface area contributed by atoms with E-state index < -0.39 is 17.3 Å². The molecule has 0 saturated heterocycles. The van der Waals surface area contributed by atoms with Gasteiger partial charge in [0.15, 0.2) is 17.1 Å². The van der Waals surface area contributed by atoms with Crippen molar-refractivity contribution in [1.29, 1.82) is 5.26 Å². The molecule has 0 bridgehead atoms. The average Bonchev–Trinajstić information content (AvgIpc) is 3.20. The van der Waals surface area contributed by atoms with Crippen molar-refractivity contribution in [2.45, 2.75) is 31.1 Å². The van der Waals surface area contributed by atoms with Crippen LogP contribution in [0.15, 0.2) is 52.9 Å². The number of carboxylic acids is 1. The van der Waals surface area contributed by atoms with E-state index in [1.165, 1.54) is 6.07 Å². The van der Waals surface area contributed by atoms with Gasteiger partial charge in [0.2, 0.25) is 5.78 Å². The highest BCUT2D eigenvalue weighted by atomic mass is 16.4. The number of furan rings is 1. The Hall–Kier alpha value is -3.59. The zero-order valence-corrected chi connectivity index (χ0v) is 15.6. The molecule has 0 spiro atoms. The van der Waals surface area contributed by atoms with E-state index in [1.807, 2.05) is 6.07 Å². The first-order valence-electron chi connectivity index (χ1n) is 9.45. The molecule has 146 valence electrons. The Morgan fingerprint density at radius 2 is 1.79 bits per heavy atom. The smallest absolute Gasteiger partial charge is 0.306 e. The van der Waals surface area contributed by atoms with Crippen LogP contribution in [0.25, 0.3) is 11.0 Å². The molecule has 1 aliphatic rings. The van der Waals surface area contributed by atoms with Crippen LogP contribution in [0.4, 0.5) is 0 Å². The van der Waals surface area contributed by atoms with Crippen molar-refractivity contribution in [2.75, 3.05) is 0 Å². The van der Waals surface area contributed by atoms with Gasteiger partial charge >= 0.3 is 5.97 Å². The maximum absolute atomic E-state index is 12.8. The Morgan fingerprint density at radius 3 is 2.41 bits per heavy atom. The van der Waals surface area contributed by atoms with Crippen LogP contribution in [0.2, 0.25) is 0 Å². The van der Waals surface area contributed by atoms with Gasteiger partial charge in [-0.3, -0.25) is 9.59 Å². The highest BCUT2D eigenvalue weighted by Crippen LogP contribution is 2.45. The summed E-state index contributed by atoms with van der Waals surface area (Å²) in [6, 6.07) is 15.8. The van der Waals surface area contributed by atoms with Gasteiger partial charge in [-0.05, 0) is 43.4 Å². The highest BCUT2D eigenvalue weighted by molar-refractivity contribution is 6.09. The molecule has 0 radical (unpaired) electrons. The van der Waals surface area contributed by atoms with Crippen molar-refractivity contribution < 1.29 is 24.2 Å². The molecule has 1 aliphatic carbocycles. The van der Waals surface area contributed by atoms with Crippen LogP contribution in [0.5, 0.6) is 5.75 Å². The molecule has 29 heavy (non-hydrogen) atoms. The summed E-state index contributed by atoms with van der Waals surface area (Å²) in [5.74, 6) is -1.63. The molecule has 2 N–H and O–H groups in total. The minimum atomic E-state index is -0.880. The maximum atomic E-state index is 12.8. The number of ketones is 1. The number of hydrogen-bond donors (Lipinski definition) is 2. The fourth-order valence-electron chi connectivity index (χ4n) is 4.17. The van der Waals surface area contributed by atoms with Gasteiger partial charge in [-0.25, -0.2) is 0 Å². The fourth-order valence-corrected chi connectivity index (χ4v) is 4.17. The topological polar surface area (TPSA) is 112 Å². The number of aliphatic carboxylic acids is 1. The van der Waals surface area contributed by atoms with E-state index in [9.17, 15) is 25.1 Å². The number of nitrogens with zero attached hydrogens (tertiary/aromatic N) is 1. The Kier molecular flexibility index (Phi) is 4.59. The van der Waals surface area contributed by atoms with Gasteiger partial charge in [0, 0.05) is 10.9 Å². The van der Waals surface area contributed by atoms with Gasteiger partial charge in [0.25, 0.3) is 0 Å². The number of carboxylic acid groups (broad SMARTS) is 1. The number of carbonyl (C=O) groups excluding carboxylic acids is 1. The Labute approximate surface area is 167 Å². The first-order valence-corrected chi connectivity index (χ1v) is 9.45. The second-order valence-corrected chi connectivity index (χ2v) is 7.49. The Morgan fingerprint density at radius 1 is 1.10 bits per heavy atom. The summed E-state index contributed by atoms with van der Waals surface area (Å²) >= 11 is 0. The predicted molar refractivity (Wildman–Crippen MR) is 105 cm³/mol. The molecule has 1 fully saturated rings. The van der Waals surface area contributed by atoms with E-state index >= 15 is 0 Å². The van der Waals surface area contributed by atoms with Gasteiger partial charge < -0.3 is 14.6 Å². The van der Waals surface area contributed by atoms with Crippen molar-refractivity contribution >= 4 is 22.7 Å². The second-order valence-electron chi connectivity index (χ2n) is 7.49. The first-order chi connectivity index (χ1) is 13.9. The van der Waals surface area contributed by atoms with Crippen molar-refractivity contribution in [2.24, 2.45) is 5.92 Å². The van der Waals surface area contributed by atoms with Crippen molar-refractivity contribution in [1.82, 2.24) is 0 Å². The molecule has 2 aromatic carbocycles.